The number of ketones is 2. The van der Waals surface area contributed by atoms with E-state index < -0.39 is 57.3 Å². The number of pyridine rings is 1. The van der Waals surface area contributed by atoms with Crippen molar-refractivity contribution in [3.8, 4) is 11.1 Å². The predicted octanol–water partition coefficient (Wildman–Crippen LogP) is 5.43. The number of carbonyl (C=O) groups excluding carboxylic acids is 3. The predicted molar refractivity (Wildman–Crippen MR) is 185 cm³/mol. The van der Waals surface area contributed by atoms with Gasteiger partial charge in [0.2, 0.25) is 5.91 Å². The summed E-state index contributed by atoms with van der Waals surface area (Å²) in [5.41, 5.74) is 1.78. The van der Waals surface area contributed by atoms with Crippen LogP contribution in [0.1, 0.15) is 84.3 Å². The molecule has 1 saturated heterocycles. The maximum atomic E-state index is 14.4. The van der Waals surface area contributed by atoms with Gasteiger partial charge < -0.3 is 4.90 Å². The van der Waals surface area contributed by atoms with Crippen molar-refractivity contribution >= 4 is 38.2 Å². The number of piperidine rings is 1. The molecular formula is C37H39F3N6O5S. The number of alkyl halides is 3. The fourth-order valence-electron chi connectivity index (χ4n) is 7.98. The Balaban J connectivity index is 1.29. The normalized spacial score (nSPS) is 23.4. The Morgan fingerprint density at radius 3 is 2.46 bits per heavy atom. The van der Waals surface area contributed by atoms with E-state index in [0.29, 0.717) is 54.4 Å². The molecule has 3 aromatic heterocycles. The molecule has 0 spiro atoms. The molecule has 5 heterocycles. The zero-order valence-electron chi connectivity index (χ0n) is 29.2. The minimum Gasteiger partial charge on any atom is -0.327 e. The molecule has 274 valence electrons. The molecule has 1 saturated carbocycles. The fraction of sp³-hybridized carbons (Fsp3) is 0.486. The fourth-order valence-corrected chi connectivity index (χ4v) is 9.55. The zero-order valence-corrected chi connectivity index (χ0v) is 30.0. The Kier molecular flexibility index (Phi) is 9.07. The van der Waals surface area contributed by atoms with E-state index in [1.165, 1.54) is 22.6 Å². The summed E-state index contributed by atoms with van der Waals surface area (Å²) in [5, 5.41) is 5.20. The van der Waals surface area contributed by atoms with Crippen LogP contribution in [0.3, 0.4) is 0 Å². The topological polar surface area (TPSA) is 145 Å². The van der Waals surface area contributed by atoms with Gasteiger partial charge in [0.05, 0.1) is 35.2 Å². The number of hydrogen-bond acceptors (Lipinski definition) is 9. The molecule has 1 aliphatic carbocycles. The van der Waals surface area contributed by atoms with Crippen LogP contribution in [0.2, 0.25) is 0 Å². The number of nitrogens with zero attached hydrogens (tertiary/aromatic N) is 6. The Hall–Kier alpha value is -4.53. The van der Waals surface area contributed by atoms with Crippen LogP contribution in [0.4, 0.5) is 13.2 Å². The average molecular weight is 737 g/mol. The van der Waals surface area contributed by atoms with Gasteiger partial charge in [-0.3, -0.25) is 19.1 Å². The lowest BCUT2D eigenvalue weighted by Gasteiger charge is -2.27. The number of halogens is 3. The Morgan fingerprint density at radius 1 is 1.00 bits per heavy atom. The van der Waals surface area contributed by atoms with Gasteiger partial charge in [0.25, 0.3) is 0 Å². The quantitative estimate of drug-likeness (QED) is 0.245. The first kappa shape index (κ1) is 35.9. The van der Waals surface area contributed by atoms with Crippen LogP contribution in [-0.4, -0.2) is 79.1 Å². The first-order valence-electron chi connectivity index (χ1n) is 17.5. The summed E-state index contributed by atoms with van der Waals surface area (Å²) in [6.07, 6.45) is 1.58. The number of aromatic nitrogens is 5. The molecule has 0 radical (unpaired) electrons. The third-order valence-electron chi connectivity index (χ3n) is 10.9. The summed E-state index contributed by atoms with van der Waals surface area (Å²) in [5.74, 6) is -0.655. The van der Waals surface area contributed by atoms with Gasteiger partial charge in [-0.15, -0.1) is 0 Å². The number of aryl methyl sites for hydroxylation is 3. The number of Topliss-reactive ketones (excluding diaryl/α,β-unsaturated/α-hetero) is 2. The van der Waals surface area contributed by atoms with Crippen LogP contribution in [0.25, 0.3) is 22.0 Å². The summed E-state index contributed by atoms with van der Waals surface area (Å²) in [7, 11) is -3.42. The molecule has 1 amide bonds. The van der Waals surface area contributed by atoms with E-state index in [9.17, 15) is 36.0 Å². The molecule has 2 fully saturated rings. The molecule has 15 heteroatoms. The van der Waals surface area contributed by atoms with E-state index in [0.717, 1.165) is 22.8 Å². The van der Waals surface area contributed by atoms with Gasteiger partial charge in [0.1, 0.15) is 33.6 Å². The molecule has 11 nitrogen and oxygen atoms in total. The third kappa shape index (κ3) is 6.86. The standard InChI is InChI=1S/C37H39F3N6O5S/c1-21-8-9-31(37(38,39)40)43-28(21)15-30(48)29-16-36-10-12-52(50,51)11-6-4-5-7-24-13-25(26-18-41-23(3)42-19-26)14-27-34(22(2)47)44-45(35(24)27)20-33(49)46(29)32(36)17-36/h8-9,13-14,18-19,29,32H,4-7,10-12,15-17,20H2,1-3H3/t29-,32+,36-/m0/s1. The maximum Gasteiger partial charge on any atom is 0.433 e. The summed E-state index contributed by atoms with van der Waals surface area (Å²) < 4.78 is 68.4. The highest BCUT2D eigenvalue weighted by Crippen LogP contribution is 2.62. The molecule has 3 atom stereocenters. The van der Waals surface area contributed by atoms with Gasteiger partial charge in [-0.25, -0.2) is 23.4 Å². The molecule has 3 aliphatic rings. The second kappa shape index (κ2) is 13.2. The van der Waals surface area contributed by atoms with Crippen molar-refractivity contribution < 1.29 is 36.0 Å². The minimum atomic E-state index is -4.70. The highest BCUT2D eigenvalue weighted by atomic mass is 32.2. The first-order valence-corrected chi connectivity index (χ1v) is 19.3. The molecule has 0 unspecified atom stereocenters. The van der Waals surface area contributed by atoms with Crippen molar-refractivity contribution in [2.75, 3.05) is 11.5 Å². The summed E-state index contributed by atoms with van der Waals surface area (Å²) in [6, 6.07) is 4.54. The number of benzene rings is 1. The van der Waals surface area contributed by atoms with Crippen LogP contribution >= 0.6 is 0 Å². The highest BCUT2D eigenvalue weighted by molar-refractivity contribution is 7.91. The van der Waals surface area contributed by atoms with Crippen molar-refractivity contribution in [3.63, 3.8) is 0 Å². The second-order valence-electron chi connectivity index (χ2n) is 14.5. The van der Waals surface area contributed by atoms with Crippen molar-refractivity contribution in [2.24, 2.45) is 5.41 Å². The summed E-state index contributed by atoms with van der Waals surface area (Å²) >= 11 is 0. The number of amides is 1. The van der Waals surface area contributed by atoms with Crippen LogP contribution in [-0.2, 0) is 45.0 Å². The van der Waals surface area contributed by atoms with Gasteiger partial charge in [-0.05, 0) is 92.7 Å². The maximum absolute atomic E-state index is 14.4. The molecule has 2 bridgehead atoms. The lowest BCUT2D eigenvalue weighted by molar-refractivity contribution is -0.141. The van der Waals surface area contributed by atoms with E-state index in [-0.39, 0.29) is 48.1 Å². The largest absolute Gasteiger partial charge is 0.433 e. The summed E-state index contributed by atoms with van der Waals surface area (Å²) in [6.45, 7) is 4.47. The van der Waals surface area contributed by atoms with Gasteiger partial charge in [0.15, 0.2) is 11.6 Å². The zero-order chi connectivity index (χ0) is 37.2. The Morgan fingerprint density at radius 2 is 1.75 bits per heavy atom. The molecular weight excluding hydrogens is 698 g/mol. The first-order chi connectivity index (χ1) is 24.5. The molecule has 4 aromatic rings. The van der Waals surface area contributed by atoms with Gasteiger partial charge >= 0.3 is 6.18 Å². The van der Waals surface area contributed by atoms with Crippen molar-refractivity contribution in [2.45, 2.75) is 96.9 Å². The molecule has 52 heavy (non-hydrogen) atoms. The smallest absolute Gasteiger partial charge is 0.327 e. The van der Waals surface area contributed by atoms with Crippen molar-refractivity contribution in [1.29, 1.82) is 0 Å². The van der Waals surface area contributed by atoms with Crippen LogP contribution in [0.15, 0.2) is 36.7 Å². The van der Waals surface area contributed by atoms with Gasteiger partial charge in [0, 0.05) is 36.3 Å². The SMILES string of the molecule is CC(=O)c1nn2c3c(cc(-c4cnc(C)nc4)cc13)CCCCCS(=O)(=O)CC[C@@]13C[C@@H](C(=O)Cc4nc(C(F)(F)F)ccc4C)N(C(=O)C2)[C@@H]1C3. The lowest BCUT2D eigenvalue weighted by atomic mass is 9.93. The second-order valence-corrected chi connectivity index (χ2v) is 16.8. The molecule has 7 rings (SSSR count). The van der Waals surface area contributed by atoms with E-state index in [1.54, 1.807) is 26.2 Å². The van der Waals surface area contributed by atoms with Gasteiger partial charge in [-0.2, -0.15) is 18.3 Å². The number of sulfone groups is 1. The Labute approximate surface area is 299 Å². The molecule has 1 aromatic carbocycles. The lowest BCUT2D eigenvalue weighted by Crippen LogP contribution is -2.45. The van der Waals surface area contributed by atoms with E-state index in [2.05, 4.69) is 20.1 Å². The van der Waals surface area contributed by atoms with Crippen LogP contribution in [0.5, 0.6) is 0 Å². The van der Waals surface area contributed by atoms with Gasteiger partial charge in [-0.1, -0.05) is 12.5 Å². The van der Waals surface area contributed by atoms with Crippen LogP contribution in [0, 0.1) is 19.3 Å². The number of carbonyl (C=O) groups is 3. The van der Waals surface area contributed by atoms with Crippen molar-refractivity contribution in [1.82, 2.24) is 29.6 Å². The monoisotopic (exact) mass is 736 g/mol. The van der Waals surface area contributed by atoms with E-state index in [1.807, 2.05) is 12.1 Å². The summed E-state index contributed by atoms with van der Waals surface area (Å²) in [4.78, 5) is 55.3. The minimum absolute atomic E-state index is 0.0157. The van der Waals surface area contributed by atoms with E-state index in [4.69, 9.17) is 0 Å². The molecule has 0 N–H and O–H groups in total. The Bertz CT molecular complexity index is 2220. The number of rotatable bonds is 5. The third-order valence-corrected chi connectivity index (χ3v) is 12.6. The van der Waals surface area contributed by atoms with Crippen molar-refractivity contribution in [3.05, 3.63) is 70.7 Å². The van der Waals surface area contributed by atoms with E-state index >= 15 is 0 Å². The highest BCUT2D eigenvalue weighted by Gasteiger charge is 2.66. The molecule has 2 aliphatic heterocycles. The number of hydrogen-bond donors (Lipinski definition) is 0. The average Bonchev–Trinajstić information content (AvgIpc) is 3.49. The van der Waals surface area contributed by atoms with Crippen LogP contribution < -0.4 is 0 Å².